The molecule has 1 unspecified atom stereocenters. The number of aryl methyl sites for hydroxylation is 2. The Balaban J connectivity index is 0.00000210. The zero-order valence-electron chi connectivity index (χ0n) is 15.9. The lowest BCUT2D eigenvalue weighted by Crippen LogP contribution is -2.46. The van der Waals surface area contributed by atoms with Gasteiger partial charge in [0.2, 0.25) is 0 Å². The highest BCUT2D eigenvalue weighted by Crippen LogP contribution is 2.27. The molecule has 4 rings (SSSR count). The van der Waals surface area contributed by atoms with Gasteiger partial charge in [-0.05, 0) is 35.2 Å². The number of piperazine rings is 1. The molecule has 0 radical (unpaired) electrons. The van der Waals surface area contributed by atoms with Crippen molar-refractivity contribution in [1.29, 1.82) is 0 Å². The third kappa shape index (κ3) is 4.24. The van der Waals surface area contributed by atoms with Crippen LogP contribution in [-0.2, 0) is 13.6 Å². The Bertz CT molecular complexity index is 889. The van der Waals surface area contributed by atoms with Crippen LogP contribution < -0.4 is 5.32 Å². The predicted molar refractivity (Wildman–Crippen MR) is 113 cm³/mol. The number of benzene rings is 2. The second-order valence-electron chi connectivity index (χ2n) is 7.10. The Morgan fingerprint density at radius 1 is 1.15 bits per heavy atom. The van der Waals surface area contributed by atoms with E-state index in [9.17, 15) is 0 Å². The third-order valence-electron chi connectivity index (χ3n) is 5.28. The van der Waals surface area contributed by atoms with E-state index < -0.39 is 0 Å². The van der Waals surface area contributed by atoms with Crippen LogP contribution in [0, 0.1) is 6.92 Å². The van der Waals surface area contributed by atoms with E-state index in [1.54, 1.807) is 0 Å². The van der Waals surface area contributed by atoms with Crippen LogP contribution in [0.2, 0.25) is 0 Å². The normalized spacial score (nSPS) is 17.5. The van der Waals surface area contributed by atoms with Crippen molar-refractivity contribution in [2.75, 3.05) is 19.6 Å². The summed E-state index contributed by atoms with van der Waals surface area (Å²) < 4.78 is 2.13. The van der Waals surface area contributed by atoms with Gasteiger partial charge in [0.15, 0.2) is 0 Å². The van der Waals surface area contributed by atoms with Crippen molar-refractivity contribution in [1.82, 2.24) is 19.8 Å². The first-order valence-electron chi connectivity index (χ1n) is 9.29. The number of halogens is 1. The minimum Gasteiger partial charge on any atom is -0.337 e. The predicted octanol–water partition coefficient (Wildman–Crippen LogP) is 3.96. The number of hydrogen-bond donors (Lipinski definition) is 1. The van der Waals surface area contributed by atoms with Crippen LogP contribution in [0.25, 0.3) is 11.1 Å². The van der Waals surface area contributed by atoms with E-state index in [2.05, 4.69) is 82.3 Å². The van der Waals surface area contributed by atoms with E-state index >= 15 is 0 Å². The Hall–Kier alpha value is -2.14. The number of nitrogens with zero attached hydrogens (tertiary/aromatic N) is 3. The van der Waals surface area contributed by atoms with E-state index in [1.807, 2.05) is 12.4 Å². The highest BCUT2D eigenvalue weighted by Gasteiger charge is 2.26. The van der Waals surface area contributed by atoms with Crippen molar-refractivity contribution in [3.05, 3.63) is 77.9 Å². The van der Waals surface area contributed by atoms with Gasteiger partial charge in [-0.15, -0.1) is 12.4 Å². The summed E-state index contributed by atoms with van der Waals surface area (Å²) in [4.78, 5) is 7.13. The van der Waals surface area contributed by atoms with Crippen LogP contribution in [0.5, 0.6) is 0 Å². The fourth-order valence-electron chi connectivity index (χ4n) is 3.86. The molecule has 27 heavy (non-hydrogen) atoms. The fourth-order valence-corrected chi connectivity index (χ4v) is 3.86. The molecule has 3 aromatic rings. The third-order valence-corrected chi connectivity index (χ3v) is 5.28. The van der Waals surface area contributed by atoms with Crippen LogP contribution in [0.4, 0.5) is 0 Å². The molecule has 1 N–H and O–H groups in total. The number of hydrogen-bond acceptors (Lipinski definition) is 3. The summed E-state index contributed by atoms with van der Waals surface area (Å²) in [6, 6.07) is 17.9. The zero-order valence-corrected chi connectivity index (χ0v) is 16.7. The average Bonchev–Trinajstić information content (AvgIpc) is 3.09. The molecule has 0 aliphatic carbocycles. The molecule has 1 aliphatic heterocycles. The van der Waals surface area contributed by atoms with Gasteiger partial charge in [-0.3, -0.25) is 4.90 Å². The van der Waals surface area contributed by atoms with E-state index in [-0.39, 0.29) is 12.4 Å². The number of nitrogens with one attached hydrogen (secondary N) is 1. The lowest BCUT2D eigenvalue weighted by Gasteiger charge is -2.35. The van der Waals surface area contributed by atoms with E-state index in [0.29, 0.717) is 6.04 Å². The quantitative estimate of drug-likeness (QED) is 0.741. The smallest absolute Gasteiger partial charge is 0.127 e. The molecule has 1 aliphatic rings. The SMILES string of the molecule is Cc1ccccc1-c1cccc(CN2CCNCC2c2nccn2C)c1.Cl. The van der Waals surface area contributed by atoms with E-state index in [4.69, 9.17) is 0 Å². The van der Waals surface area contributed by atoms with Crippen LogP contribution in [0.1, 0.15) is 23.0 Å². The molecule has 2 aromatic carbocycles. The maximum atomic E-state index is 4.59. The zero-order chi connectivity index (χ0) is 17.9. The molecular formula is C22H27ClN4. The van der Waals surface area contributed by atoms with Gasteiger partial charge in [0.25, 0.3) is 0 Å². The standard InChI is InChI=1S/C22H26N4.ClH/c1-17-6-3-4-9-20(17)19-8-5-7-18(14-19)16-26-13-10-23-15-21(26)22-24-11-12-25(22)2;/h3-9,11-12,14,21,23H,10,13,15-16H2,1-2H3;1H. The summed E-state index contributed by atoms with van der Waals surface area (Å²) in [5, 5.41) is 3.52. The van der Waals surface area contributed by atoms with Crippen LogP contribution in [0.15, 0.2) is 60.9 Å². The molecule has 2 heterocycles. The van der Waals surface area contributed by atoms with Gasteiger partial charge in [0.05, 0.1) is 6.04 Å². The summed E-state index contributed by atoms with van der Waals surface area (Å²) >= 11 is 0. The summed E-state index contributed by atoms with van der Waals surface area (Å²) in [7, 11) is 2.08. The maximum Gasteiger partial charge on any atom is 0.127 e. The molecule has 4 nitrogen and oxygen atoms in total. The Labute approximate surface area is 167 Å². The molecule has 0 saturated carbocycles. The van der Waals surface area contributed by atoms with Crippen molar-refractivity contribution < 1.29 is 0 Å². The van der Waals surface area contributed by atoms with Gasteiger partial charge in [0, 0.05) is 45.6 Å². The van der Waals surface area contributed by atoms with Crippen molar-refractivity contribution in [3.63, 3.8) is 0 Å². The fraction of sp³-hybridized carbons (Fsp3) is 0.318. The number of aromatic nitrogens is 2. The van der Waals surface area contributed by atoms with Crippen molar-refractivity contribution in [3.8, 4) is 11.1 Å². The minimum atomic E-state index is 0. The first kappa shape index (κ1) is 19.6. The topological polar surface area (TPSA) is 33.1 Å². The molecule has 1 aromatic heterocycles. The van der Waals surface area contributed by atoms with Crippen LogP contribution >= 0.6 is 12.4 Å². The van der Waals surface area contributed by atoms with Gasteiger partial charge in [0.1, 0.15) is 5.82 Å². The van der Waals surface area contributed by atoms with Gasteiger partial charge < -0.3 is 9.88 Å². The Morgan fingerprint density at radius 3 is 2.78 bits per heavy atom. The summed E-state index contributed by atoms with van der Waals surface area (Å²) in [6.07, 6.45) is 3.92. The lowest BCUT2D eigenvalue weighted by molar-refractivity contribution is 0.145. The maximum absolute atomic E-state index is 4.59. The van der Waals surface area contributed by atoms with Crippen molar-refractivity contribution in [2.24, 2.45) is 7.05 Å². The molecule has 142 valence electrons. The first-order valence-corrected chi connectivity index (χ1v) is 9.29. The Kier molecular flexibility index (Phi) is 6.32. The molecular weight excluding hydrogens is 356 g/mol. The molecule has 0 spiro atoms. The highest BCUT2D eigenvalue weighted by molar-refractivity contribution is 5.85. The second kappa shape index (κ2) is 8.70. The van der Waals surface area contributed by atoms with Crippen molar-refractivity contribution >= 4 is 12.4 Å². The number of rotatable bonds is 4. The summed E-state index contributed by atoms with van der Waals surface area (Å²) in [5.74, 6) is 1.13. The monoisotopic (exact) mass is 382 g/mol. The van der Waals surface area contributed by atoms with Crippen molar-refractivity contribution in [2.45, 2.75) is 19.5 Å². The molecule has 1 saturated heterocycles. The van der Waals surface area contributed by atoms with Gasteiger partial charge >= 0.3 is 0 Å². The van der Waals surface area contributed by atoms with Gasteiger partial charge in [-0.2, -0.15) is 0 Å². The first-order chi connectivity index (χ1) is 12.7. The largest absolute Gasteiger partial charge is 0.337 e. The molecule has 0 bridgehead atoms. The second-order valence-corrected chi connectivity index (χ2v) is 7.10. The molecule has 0 amide bonds. The number of imidazole rings is 1. The lowest BCUT2D eigenvalue weighted by atomic mass is 9.98. The highest BCUT2D eigenvalue weighted by atomic mass is 35.5. The van der Waals surface area contributed by atoms with Gasteiger partial charge in [-0.1, -0.05) is 42.5 Å². The van der Waals surface area contributed by atoms with E-state index in [1.165, 1.54) is 22.3 Å². The summed E-state index contributed by atoms with van der Waals surface area (Å²) in [6.45, 7) is 6.13. The Morgan fingerprint density at radius 2 is 2.00 bits per heavy atom. The molecule has 1 fully saturated rings. The van der Waals surface area contributed by atoms with Crippen LogP contribution in [0.3, 0.4) is 0 Å². The average molecular weight is 383 g/mol. The molecule has 5 heteroatoms. The molecule has 1 atom stereocenters. The van der Waals surface area contributed by atoms with E-state index in [0.717, 1.165) is 32.0 Å². The minimum absolute atomic E-state index is 0. The summed E-state index contributed by atoms with van der Waals surface area (Å²) in [5.41, 5.74) is 5.28. The van der Waals surface area contributed by atoms with Crippen LogP contribution in [-0.4, -0.2) is 34.1 Å². The van der Waals surface area contributed by atoms with Gasteiger partial charge in [-0.25, -0.2) is 4.98 Å².